The van der Waals surface area contributed by atoms with Crippen LogP contribution < -0.4 is 0 Å². The molecular formula is C16H10N2O4S2. The minimum atomic E-state index is -0.426. The summed E-state index contributed by atoms with van der Waals surface area (Å²) < 4.78 is 1.04. The van der Waals surface area contributed by atoms with Gasteiger partial charge in [0.25, 0.3) is 11.4 Å². The number of hydrogen-bond donors (Lipinski definition) is 0. The second kappa shape index (κ2) is 6.90. The number of nitrogens with zero attached hydrogens (tertiary/aromatic N) is 2. The largest absolute Gasteiger partial charge is 0.269 e. The van der Waals surface area contributed by atoms with Crippen LogP contribution in [0.5, 0.6) is 0 Å². The maximum absolute atomic E-state index is 10.7. The van der Waals surface area contributed by atoms with Gasteiger partial charge in [0.1, 0.15) is 0 Å². The molecule has 0 aromatic heterocycles. The molecule has 2 aromatic rings. The van der Waals surface area contributed by atoms with Gasteiger partial charge in [0.2, 0.25) is 0 Å². The lowest BCUT2D eigenvalue weighted by molar-refractivity contribution is -0.385. The predicted octanol–water partition coefficient (Wildman–Crippen LogP) is 5.28. The lowest BCUT2D eigenvalue weighted by Crippen LogP contribution is -1.87. The second-order valence-electron chi connectivity index (χ2n) is 4.82. The maximum Gasteiger partial charge on any atom is 0.269 e. The first-order valence-electron chi connectivity index (χ1n) is 6.78. The van der Waals surface area contributed by atoms with Crippen LogP contribution in [-0.4, -0.2) is 9.85 Å². The fourth-order valence-electron chi connectivity index (χ4n) is 2.03. The third kappa shape index (κ3) is 3.66. The average Bonchev–Trinajstić information content (AvgIpc) is 3.04. The molecule has 1 aliphatic rings. The van der Waals surface area contributed by atoms with Crippen molar-refractivity contribution in [2.45, 2.75) is 0 Å². The average molecular weight is 358 g/mol. The molecule has 2 aromatic carbocycles. The molecule has 0 saturated heterocycles. The molecule has 1 heterocycles. The first-order valence-corrected chi connectivity index (χ1v) is 8.48. The molecule has 0 amide bonds. The van der Waals surface area contributed by atoms with Gasteiger partial charge in [0.05, 0.1) is 9.85 Å². The summed E-state index contributed by atoms with van der Waals surface area (Å²) in [6.07, 6.45) is 1.95. The Morgan fingerprint density at radius 2 is 1.38 bits per heavy atom. The summed E-state index contributed by atoms with van der Waals surface area (Å²) in [5.74, 6) is 0. The van der Waals surface area contributed by atoms with Crippen molar-refractivity contribution in [2.24, 2.45) is 0 Å². The van der Waals surface area contributed by atoms with Crippen molar-refractivity contribution >= 4 is 45.9 Å². The first kappa shape index (κ1) is 16.3. The third-order valence-corrected chi connectivity index (χ3v) is 5.53. The van der Waals surface area contributed by atoms with Crippen LogP contribution >= 0.6 is 23.5 Å². The SMILES string of the molecule is O=[N+]([O-])c1ccc(/C=C2/SC=C(c3ccc([N+](=O)[O-])cc3)S2)cc1. The van der Waals surface area contributed by atoms with Gasteiger partial charge in [0, 0.05) is 33.4 Å². The molecule has 6 nitrogen and oxygen atoms in total. The fraction of sp³-hybridized carbons (Fsp3) is 0. The monoisotopic (exact) mass is 358 g/mol. The summed E-state index contributed by atoms with van der Waals surface area (Å²) >= 11 is 3.12. The van der Waals surface area contributed by atoms with Crippen LogP contribution in [0.3, 0.4) is 0 Å². The van der Waals surface area contributed by atoms with Crippen LogP contribution in [0.25, 0.3) is 11.0 Å². The van der Waals surface area contributed by atoms with Gasteiger partial charge in [-0.1, -0.05) is 23.5 Å². The molecule has 0 bridgehead atoms. The van der Waals surface area contributed by atoms with E-state index in [0.29, 0.717) is 0 Å². The first-order chi connectivity index (χ1) is 11.5. The van der Waals surface area contributed by atoms with Gasteiger partial charge in [-0.2, -0.15) is 0 Å². The highest BCUT2D eigenvalue weighted by molar-refractivity contribution is 8.31. The fourth-order valence-corrected chi connectivity index (χ4v) is 4.21. The summed E-state index contributed by atoms with van der Waals surface area (Å²) in [6.45, 7) is 0. The van der Waals surface area contributed by atoms with E-state index in [4.69, 9.17) is 0 Å². The van der Waals surface area contributed by atoms with Gasteiger partial charge >= 0.3 is 0 Å². The zero-order valence-electron chi connectivity index (χ0n) is 12.1. The molecule has 0 unspecified atom stereocenters. The Bertz CT molecular complexity index is 859. The molecule has 0 N–H and O–H groups in total. The predicted molar refractivity (Wildman–Crippen MR) is 97.3 cm³/mol. The van der Waals surface area contributed by atoms with Gasteiger partial charge in [-0.3, -0.25) is 20.2 Å². The van der Waals surface area contributed by atoms with E-state index in [-0.39, 0.29) is 11.4 Å². The Morgan fingerprint density at radius 1 is 0.833 bits per heavy atom. The number of benzene rings is 2. The zero-order chi connectivity index (χ0) is 17.1. The third-order valence-electron chi connectivity index (χ3n) is 3.24. The van der Waals surface area contributed by atoms with Crippen LogP contribution in [-0.2, 0) is 0 Å². The van der Waals surface area contributed by atoms with Gasteiger partial charge in [-0.25, -0.2) is 0 Å². The number of hydrogen-bond acceptors (Lipinski definition) is 6. The van der Waals surface area contributed by atoms with E-state index in [1.54, 1.807) is 47.8 Å². The quantitative estimate of drug-likeness (QED) is 0.546. The van der Waals surface area contributed by atoms with E-state index in [1.807, 2.05) is 11.5 Å². The Morgan fingerprint density at radius 3 is 1.92 bits per heavy atom. The second-order valence-corrected chi connectivity index (χ2v) is 7.07. The van der Waals surface area contributed by atoms with Gasteiger partial charge in [-0.05, 0) is 46.9 Å². The summed E-state index contributed by atoms with van der Waals surface area (Å²) in [5.41, 5.74) is 1.93. The van der Waals surface area contributed by atoms with Gasteiger partial charge in [-0.15, -0.1) is 0 Å². The molecule has 120 valence electrons. The molecule has 0 atom stereocenters. The van der Waals surface area contributed by atoms with Gasteiger partial charge < -0.3 is 0 Å². The Hall–Kier alpha value is -2.58. The summed E-state index contributed by atoms with van der Waals surface area (Å²) in [7, 11) is 0. The van der Waals surface area contributed by atoms with Crippen molar-refractivity contribution in [1.82, 2.24) is 0 Å². The van der Waals surface area contributed by atoms with E-state index < -0.39 is 9.85 Å². The number of nitro groups is 2. The normalized spacial score (nSPS) is 15.3. The van der Waals surface area contributed by atoms with Crippen molar-refractivity contribution in [3.05, 3.63) is 89.5 Å². The van der Waals surface area contributed by atoms with Crippen molar-refractivity contribution in [3.8, 4) is 0 Å². The molecule has 0 fully saturated rings. The Balaban J connectivity index is 1.71. The van der Waals surface area contributed by atoms with E-state index in [1.165, 1.54) is 24.3 Å². The number of rotatable bonds is 4. The van der Waals surface area contributed by atoms with Crippen molar-refractivity contribution in [1.29, 1.82) is 0 Å². The van der Waals surface area contributed by atoms with Crippen molar-refractivity contribution in [3.63, 3.8) is 0 Å². The number of thioether (sulfide) groups is 2. The highest BCUT2D eigenvalue weighted by Gasteiger charge is 2.15. The van der Waals surface area contributed by atoms with Gasteiger partial charge in [0.15, 0.2) is 0 Å². The highest BCUT2D eigenvalue weighted by atomic mass is 32.2. The molecular weight excluding hydrogens is 348 g/mol. The molecule has 0 radical (unpaired) electrons. The van der Waals surface area contributed by atoms with E-state index in [2.05, 4.69) is 0 Å². The number of non-ortho nitro benzene ring substituents is 2. The van der Waals surface area contributed by atoms with Crippen LogP contribution in [0, 0.1) is 20.2 Å². The maximum atomic E-state index is 10.7. The Labute approximate surface area is 145 Å². The van der Waals surface area contributed by atoms with E-state index >= 15 is 0 Å². The van der Waals surface area contributed by atoms with Crippen LogP contribution in [0.4, 0.5) is 11.4 Å². The van der Waals surface area contributed by atoms with Crippen molar-refractivity contribution in [2.75, 3.05) is 0 Å². The minimum absolute atomic E-state index is 0.0635. The number of nitro benzene ring substituents is 2. The molecule has 0 aliphatic carbocycles. The smallest absolute Gasteiger partial charge is 0.258 e. The van der Waals surface area contributed by atoms with Crippen LogP contribution in [0.1, 0.15) is 11.1 Å². The van der Waals surface area contributed by atoms with E-state index in [0.717, 1.165) is 20.3 Å². The lowest BCUT2D eigenvalue weighted by Gasteiger charge is -2.01. The lowest BCUT2D eigenvalue weighted by atomic mass is 10.2. The molecule has 0 saturated carbocycles. The topological polar surface area (TPSA) is 86.3 Å². The minimum Gasteiger partial charge on any atom is -0.258 e. The molecule has 0 spiro atoms. The Kier molecular flexibility index (Phi) is 4.68. The molecule has 1 aliphatic heterocycles. The highest BCUT2D eigenvalue weighted by Crippen LogP contribution is 2.49. The van der Waals surface area contributed by atoms with Crippen LogP contribution in [0.2, 0.25) is 0 Å². The summed E-state index contributed by atoms with van der Waals surface area (Å²) in [4.78, 5) is 21.5. The summed E-state index contributed by atoms with van der Waals surface area (Å²) in [5, 5.41) is 23.3. The summed E-state index contributed by atoms with van der Waals surface area (Å²) in [6, 6.07) is 12.8. The van der Waals surface area contributed by atoms with E-state index in [9.17, 15) is 20.2 Å². The zero-order valence-corrected chi connectivity index (χ0v) is 13.8. The standard InChI is InChI=1S/C16H10N2O4S2/c19-17(20)13-5-1-11(2-6-13)9-16-23-10-15(24-16)12-3-7-14(8-4-12)18(21)22/h1-10H/b16-9-. The molecule has 8 heteroatoms. The van der Waals surface area contributed by atoms with Crippen molar-refractivity contribution < 1.29 is 9.85 Å². The molecule has 24 heavy (non-hydrogen) atoms. The van der Waals surface area contributed by atoms with Crippen LogP contribution in [0.15, 0.2) is 58.2 Å². The molecule has 3 rings (SSSR count).